The van der Waals surface area contributed by atoms with Gasteiger partial charge in [-0.25, -0.2) is 12.5 Å². The number of halogens is 1. The van der Waals surface area contributed by atoms with Crippen molar-refractivity contribution in [1.29, 1.82) is 0 Å². The number of rotatable bonds is 3. The van der Waals surface area contributed by atoms with E-state index in [9.17, 15) is 0 Å². The fourth-order valence-electron chi connectivity index (χ4n) is 5.35. The fraction of sp³-hybridized carbons (Fsp3) is 0.750. The summed E-state index contributed by atoms with van der Waals surface area (Å²) in [7, 11) is 0.402. The molecule has 27 heavy (non-hydrogen) atoms. The van der Waals surface area contributed by atoms with Crippen molar-refractivity contribution in [3.05, 3.63) is 36.6 Å². The zero-order valence-electron chi connectivity index (χ0n) is 17.3. The fourth-order valence-corrected chi connectivity index (χ4v) is 10.4. The van der Waals surface area contributed by atoms with Gasteiger partial charge in [0.1, 0.15) is 0 Å². The van der Waals surface area contributed by atoms with Gasteiger partial charge in [0.25, 0.3) is 0 Å². The van der Waals surface area contributed by atoms with Gasteiger partial charge in [-0.3, -0.25) is 0 Å². The van der Waals surface area contributed by atoms with Crippen LogP contribution in [0, 0.1) is 13.8 Å². The van der Waals surface area contributed by atoms with Crippen LogP contribution < -0.4 is 0 Å². The summed E-state index contributed by atoms with van der Waals surface area (Å²) in [5.74, 6) is 0. The van der Waals surface area contributed by atoms with Crippen LogP contribution in [0.25, 0.3) is 0 Å². The van der Waals surface area contributed by atoms with Gasteiger partial charge >= 0.3 is 17.1 Å². The molecule has 0 aromatic rings. The number of hydrogen-bond donors (Lipinski definition) is 0. The van der Waals surface area contributed by atoms with Crippen LogP contribution in [-0.4, -0.2) is 17.0 Å². The molecule has 0 aromatic carbocycles. The van der Waals surface area contributed by atoms with E-state index in [0.29, 0.717) is 7.92 Å². The zero-order valence-corrected chi connectivity index (χ0v) is 20.9. The van der Waals surface area contributed by atoms with E-state index in [1.54, 1.807) is 77.0 Å². The second-order valence-corrected chi connectivity index (χ2v) is 12.4. The van der Waals surface area contributed by atoms with Gasteiger partial charge in [0.2, 0.25) is 0 Å². The Labute approximate surface area is 190 Å². The van der Waals surface area contributed by atoms with Gasteiger partial charge in [0, 0.05) is 0 Å². The summed E-state index contributed by atoms with van der Waals surface area (Å²) in [5.41, 5.74) is 3.59. The summed E-state index contributed by atoms with van der Waals surface area (Å²) in [6.45, 7) is 0. The quantitative estimate of drug-likeness (QED) is 0.208. The topological polar surface area (TPSA) is 0 Å². The first kappa shape index (κ1) is 25.8. The third kappa shape index (κ3) is 8.58. The summed E-state index contributed by atoms with van der Waals surface area (Å²) in [4.78, 5) is 0. The summed E-state index contributed by atoms with van der Waals surface area (Å²) < 4.78 is 1.17. The molecule has 0 nitrogen and oxygen atoms in total. The van der Waals surface area contributed by atoms with Crippen molar-refractivity contribution in [2.24, 2.45) is 0 Å². The molecule has 0 amide bonds. The largest absolute Gasteiger partial charge is 2.00 e. The maximum atomic E-state index is 3.33. The molecule has 0 bridgehead atoms. The van der Waals surface area contributed by atoms with Crippen LogP contribution in [0.1, 0.15) is 96.3 Å². The number of allylic oxidation sites excluding steroid dienone is 4. The van der Waals surface area contributed by atoms with Gasteiger partial charge in [0.15, 0.2) is 0 Å². The average molecular weight is 495 g/mol. The van der Waals surface area contributed by atoms with Crippen molar-refractivity contribution < 1.29 is 17.1 Å². The minimum atomic E-state index is 0. The molecular weight excluding hydrogens is 455 g/mol. The molecule has 0 aromatic heterocycles. The Morgan fingerprint density at radius 3 is 1.44 bits per heavy atom. The van der Waals surface area contributed by atoms with Crippen molar-refractivity contribution in [3.8, 4) is 0 Å². The predicted octanol–water partition coefficient (Wildman–Crippen LogP) is 8.95. The molecular formula is C24H40BrFeP. The molecule has 156 valence electrons. The molecule has 4 rings (SSSR count). The van der Waals surface area contributed by atoms with Crippen molar-refractivity contribution in [3.63, 3.8) is 0 Å². The molecule has 3 saturated carbocycles. The third-order valence-electron chi connectivity index (χ3n) is 6.57. The Kier molecular flexibility index (Phi) is 14.1. The van der Waals surface area contributed by atoms with Crippen molar-refractivity contribution in [2.45, 2.75) is 113 Å². The molecule has 3 fully saturated rings. The predicted molar refractivity (Wildman–Crippen MR) is 124 cm³/mol. The zero-order chi connectivity index (χ0) is 17.3. The van der Waals surface area contributed by atoms with E-state index >= 15 is 0 Å². The molecule has 0 radical (unpaired) electrons. The van der Waals surface area contributed by atoms with Crippen LogP contribution in [-0.2, 0) is 17.1 Å². The standard InChI is InChI=1S/C17H31P.C6H6Br.CH3.Fe/c1-3-9-15(10-4-1)18(17-13-7-8-14-17)16-11-5-2-6-12-16;7-6-4-2-1-3-5-6;;/h15-17H,1-14H2;2-5H,1H2;1H3;/q;2*-1;+2. The monoisotopic (exact) mass is 494 g/mol. The first-order chi connectivity index (χ1) is 12.3. The van der Waals surface area contributed by atoms with Crippen molar-refractivity contribution in [1.82, 2.24) is 0 Å². The van der Waals surface area contributed by atoms with E-state index in [1.807, 2.05) is 0 Å². The molecule has 0 saturated heterocycles. The molecule has 0 N–H and O–H groups in total. The minimum absolute atomic E-state index is 0. The first-order valence-electron chi connectivity index (χ1n) is 11.0. The molecule has 0 aliphatic heterocycles. The Hall–Kier alpha value is 0.779. The molecule has 0 spiro atoms. The molecule has 4 aliphatic carbocycles. The van der Waals surface area contributed by atoms with Crippen molar-refractivity contribution in [2.75, 3.05) is 0 Å². The second kappa shape index (κ2) is 14.7. The van der Waals surface area contributed by atoms with Gasteiger partial charge in [-0.1, -0.05) is 65.7 Å². The Bertz CT molecular complexity index is 412. The van der Waals surface area contributed by atoms with Gasteiger partial charge in [-0.05, 0) is 55.5 Å². The SMILES string of the molecule is BrC1=C[CH-]CC=C1.C1CCC(P(C2CCCCC2)C2CCCC2)CC1.[CH3-].[Fe+2]. The molecule has 0 atom stereocenters. The second-order valence-electron chi connectivity index (χ2n) is 8.39. The smallest absolute Gasteiger partial charge is 0.358 e. The van der Waals surface area contributed by atoms with E-state index in [1.165, 1.54) is 34.3 Å². The van der Waals surface area contributed by atoms with Gasteiger partial charge in [-0.2, -0.15) is 15.9 Å². The molecule has 3 heteroatoms. The van der Waals surface area contributed by atoms with E-state index < -0.39 is 0 Å². The van der Waals surface area contributed by atoms with Crippen LogP contribution in [0.2, 0.25) is 0 Å². The van der Waals surface area contributed by atoms with E-state index in [0.717, 1.165) is 6.42 Å². The van der Waals surface area contributed by atoms with Crippen LogP contribution in [0.4, 0.5) is 0 Å². The Morgan fingerprint density at radius 1 is 0.741 bits per heavy atom. The average Bonchev–Trinajstić information content (AvgIpc) is 3.19. The Morgan fingerprint density at radius 2 is 1.15 bits per heavy atom. The van der Waals surface area contributed by atoms with Gasteiger partial charge < -0.3 is 7.43 Å². The van der Waals surface area contributed by atoms with Crippen molar-refractivity contribution >= 4 is 23.9 Å². The maximum absolute atomic E-state index is 3.33. The molecule has 4 aliphatic rings. The normalized spacial score (nSPS) is 24.1. The first-order valence-corrected chi connectivity index (χ1v) is 13.3. The van der Waals surface area contributed by atoms with Gasteiger partial charge in [-0.15, -0.1) is 16.6 Å². The van der Waals surface area contributed by atoms with E-state index in [-0.39, 0.29) is 24.5 Å². The summed E-state index contributed by atoms with van der Waals surface area (Å²) >= 11 is 3.33. The van der Waals surface area contributed by atoms with Crippen LogP contribution in [0.5, 0.6) is 0 Å². The Balaban J connectivity index is 0.000000347. The number of hydrogen-bond acceptors (Lipinski definition) is 0. The molecule has 0 heterocycles. The van der Waals surface area contributed by atoms with Crippen LogP contribution in [0.3, 0.4) is 0 Å². The van der Waals surface area contributed by atoms with Crippen LogP contribution in [0.15, 0.2) is 22.7 Å². The van der Waals surface area contributed by atoms with Crippen LogP contribution >= 0.6 is 23.9 Å². The summed E-state index contributed by atoms with van der Waals surface area (Å²) in [6.07, 6.45) is 31.5. The molecule has 0 unspecified atom stereocenters. The minimum Gasteiger partial charge on any atom is -0.358 e. The third-order valence-corrected chi connectivity index (χ3v) is 11.2. The maximum Gasteiger partial charge on any atom is 2.00 e. The van der Waals surface area contributed by atoms with Gasteiger partial charge in [0.05, 0.1) is 0 Å². The summed E-state index contributed by atoms with van der Waals surface area (Å²) in [5, 5.41) is 0. The van der Waals surface area contributed by atoms with E-state index in [4.69, 9.17) is 0 Å². The summed E-state index contributed by atoms with van der Waals surface area (Å²) in [6, 6.07) is 0. The van der Waals surface area contributed by atoms with E-state index in [2.05, 4.69) is 40.6 Å².